The van der Waals surface area contributed by atoms with Crippen LogP contribution in [0.3, 0.4) is 0 Å². The van der Waals surface area contributed by atoms with E-state index in [1.807, 2.05) is 0 Å². The Morgan fingerprint density at radius 1 is 1.19 bits per heavy atom. The Morgan fingerprint density at radius 3 is 2.50 bits per heavy atom. The van der Waals surface area contributed by atoms with Gasteiger partial charge in [0.25, 0.3) is 5.69 Å². The highest BCUT2D eigenvalue weighted by atomic mass is 16.6. The Morgan fingerprint density at radius 2 is 1.88 bits per heavy atom. The Bertz CT molecular complexity index is 1020. The number of nitrogens with two attached hydrogens (primary N) is 1. The van der Waals surface area contributed by atoms with E-state index >= 15 is 0 Å². The zero-order valence-electron chi connectivity index (χ0n) is 13.8. The van der Waals surface area contributed by atoms with Crippen molar-refractivity contribution in [2.45, 2.75) is 6.92 Å². The smallest absolute Gasteiger partial charge is 0.419 e. The molecule has 0 bridgehead atoms. The largest absolute Gasteiger partial charge is 0.449 e. The molecule has 2 N–H and O–H groups in total. The molecule has 0 atom stereocenters. The number of rotatable bonds is 4. The predicted octanol–water partition coefficient (Wildman–Crippen LogP) is 3.37. The van der Waals surface area contributed by atoms with Crippen molar-refractivity contribution in [1.29, 1.82) is 0 Å². The topological polar surface area (TPSA) is 117 Å². The average molecular weight is 353 g/mol. The third-order valence-electron chi connectivity index (χ3n) is 3.90. The van der Waals surface area contributed by atoms with Crippen LogP contribution in [0, 0.1) is 10.1 Å². The van der Waals surface area contributed by atoms with E-state index < -0.39 is 16.8 Å². The highest BCUT2D eigenvalue weighted by Gasteiger charge is 2.27. The summed E-state index contributed by atoms with van der Waals surface area (Å²) in [5.41, 5.74) is 6.44. The van der Waals surface area contributed by atoms with Gasteiger partial charge in [-0.3, -0.25) is 14.9 Å². The maximum Gasteiger partial charge on any atom is 0.419 e. The Kier molecular flexibility index (Phi) is 4.40. The van der Waals surface area contributed by atoms with Crippen LogP contribution in [-0.4, -0.2) is 28.0 Å². The number of nitro benzene ring substituents is 1. The van der Waals surface area contributed by atoms with E-state index in [4.69, 9.17) is 10.5 Å². The molecule has 0 radical (unpaired) electrons. The minimum absolute atomic E-state index is 0.00870. The van der Waals surface area contributed by atoms with Crippen molar-refractivity contribution in [3.63, 3.8) is 0 Å². The molecule has 0 fully saturated rings. The van der Waals surface area contributed by atoms with Crippen molar-refractivity contribution in [3.8, 4) is 0 Å². The molecule has 0 aliphatic carbocycles. The Balaban J connectivity index is 2.30. The number of nitro groups is 1. The molecule has 0 aliphatic rings. The molecule has 1 aromatic heterocycles. The van der Waals surface area contributed by atoms with Crippen LogP contribution in [0.5, 0.6) is 0 Å². The maximum atomic E-state index is 12.9. The van der Waals surface area contributed by atoms with Crippen LogP contribution >= 0.6 is 0 Å². The van der Waals surface area contributed by atoms with Crippen LogP contribution in [0.25, 0.3) is 10.9 Å². The molecular formula is C18H15N3O5. The molecular weight excluding hydrogens is 338 g/mol. The van der Waals surface area contributed by atoms with Gasteiger partial charge in [-0.2, -0.15) is 0 Å². The lowest BCUT2D eigenvalue weighted by Crippen LogP contribution is -2.20. The lowest BCUT2D eigenvalue weighted by Gasteiger charge is -2.09. The number of fused-ring (bicyclic) bond motifs is 1. The molecule has 0 spiro atoms. The molecule has 0 unspecified atom stereocenters. The molecule has 3 rings (SSSR count). The van der Waals surface area contributed by atoms with Gasteiger partial charge in [0.05, 0.1) is 22.7 Å². The number of non-ortho nitro benzene ring substituents is 1. The summed E-state index contributed by atoms with van der Waals surface area (Å²) >= 11 is 0. The number of hydrogen-bond donors (Lipinski definition) is 1. The summed E-state index contributed by atoms with van der Waals surface area (Å²) in [6, 6.07) is 12.2. The van der Waals surface area contributed by atoms with Gasteiger partial charge in [-0.15, -0.1) is 0 Å². The second-order valence-electron chi connectivity index (χ2n) is 5.45. The van der Waals surface area contributed by atoms with Gasteiger partial charge in [0.15, 0.2) is 0 Å². The molecule has 0 aliphatic heterocycles. The van der Waals surface area contributed by atoms with Crippen LogP contribution in [-0.2, 0) is 4.74 Å². The first-order valence-electron chi connectivity index (χ1n) is 7.81. The first-order chi connectivity index (χ1) is 12.5. The van der Waals surface area contributed by atoms with Crippen molar-refractivity contribution in [2.75, 3.05) is 12.3 Å². The van der Waals surface area contributed by atoms with E-state index in [1.165, 1.54) is 18.2 Å². The van der Waals surface area contributed by atoms with Crippen molar-refractivity contribution in [1.82, 2.24) is 4.57 Å². The van der Waals surface area contributed by atoms with Crippen molar-refractivity contribution < 1.29 is 19.2 Å². The molecule has 0 amide bonds. The molecule has 8 nitrogen and oxygen atoms in total. The Hall–Kier alpha value is -3.68. The van der Waals surface area contributed by atoms with E-state index in [0.717, 1.165) is 4.57 Å². The van der Waals surface area contributed by atoms with Crippen molar-refractivity contribution in [2.24, 2.45) is 0 Å². The molecule has 132 valence electrons. The summed E-state index contributed by atoms with van der Waals surface area (Å²) in [5, 5.41) is 11.3. The van der Waals surface area contributed by atoms with Gasteiger partial charge in [-0.25, -0.2) is 9.36 Å². The lowest BCUT2D eigenvalue weighted by molar-refractivity contribution is -0.384. The molecule has 1 heterocycles. The summed E-state index contributed by atoms with van der Waals surface area (Å²) in [6.45, 7) is 1.74. The minimum atomic E-state index is -0.776. The van der Waals surface area contributed by atoms with E-state index in [1.54, 1.807) is 37.3 Å². The molecule has 0 saturated heterocycles. The van der Waals surface area contributed by atoms with Crippen LogP contribution in [0.15, 0.2) is 48.5 Å². The summed E-state index contributed by atoms with van der Waals surface area (Å²) in [5.74, 6) is -0.477. The average Bonchev–Trinajstić information content (AvgIpc) is 2.94. The number of carbonyl (C=O) groups is 2. The van der Waals surface area contributed by atoms with E-state index in [0.29, 0.717) is 5.56 Å². The number of hydrogen-bond acceptors (Lipinski definition) is 6. The summed E-state index contributed by atoms with van der Waals surface area (Å²) < 4.78 is 6.10. The SMILES string of the molecule is CCOC(=O)n1c(C(=O)c2ccccc2)c(N)c2cc([N+](=O)[O-])ccc21. The zero-order chi connectivity index (χ0) is 18.8. The maximum absolute atomic E-state index is 12.9. The van der Waals surface area contributed by atoms with Gasteiger partial charge in [0.2, 0.25) is 5.78 Å². The zero-order valence-corrected chi connectivity index (χ0v) is 13.8. The summed E-state index contributed by atoms with van der Waals surface area (Å²) in [4.78, 5) is 35.9. The third kappa shape index (κ3) is 2.77. The highest BCUT2D eigenvalue weighted by Crippen LogP contribution is 2.33. The van der Waals surface area contributed by atoms with Crippen LogP contribution in [0.4, 0.5) is 16.2 Å². The van der Waals surface area contributed by atoms with Gasteiger partial charge in [0.1, 0.15) is 5.69 Å². The number of carbonyl (C=O) groups excluding carboxylic acids is 2. The Labute approximate surface area is 147 Å². The van der Waals surface area contributed by atoms with Crippen LogP contribution in [0.2, 0.25) is 0 Å². The molecule has 3 aromatic rings. The number of nitrogens with zero attached hydrogens (tertiary/aromatic N) is 2. The number of anilines is 1. The summed E-state index contributed by atoms with van der Waals surface area (Å²) in [6.07, 6.45) is -0.776. The van der Waals surface area contributed by atoms with Gasteiger partial charge < -0.3 is 10.5 Å². The third-order valence-corrected chi connectivity index (χ3v) is 3.90. The number of nitrogen functional groups attached to an aromatic ring is 1. The number of ketones is 1. The van der Waals surface area contributed by atoms with E-state index in [-0.39, 0.29) is 34.6 Å². The fourth-order valence-corrected chi connectivity index (χ4v) is 2.74. The summed E-state index contributed by atoms with van der Waals surface area (Å²) in [7, 11) is 0. The molecule has 8 heteroatoms. The van der Waals surface area contributed by atoms with Crippen molar-refractivity contribution >= 4 is 34.2 Å². The van der Waals surface area contributed by atoms with Crippen molar-refractivity contribution in [3.05, 3.63) is 69.9 Å². The van der Waals surface area contributed by atoms with Gasteiger partial charge in [-0.1, -0.05) is 30.3 Å². The van der Waals surface area contributed by atoms with Crippen LogP contribution in [0.1, 0.15) is 23.0 Å². The highest BCUT2D eigenvalue weighted by molar-refractivity contribution is 6.18. The fourth-order valence-electron chi connectivity index (χ4n) is 2.74. The van der Waals surface area contributed by atoms with Gasteiger partial charge in [0, 0.05) is 23.1 Å². The van der Waals surface area contributed by atoms with Crippen LogP contribution < -0.4 is 5.73 Å². The monoisotopic (exact) mass is 353 g/mol. The number of benzene rings is 2. The number of ether oxygens (including phenoxy) is 1. The predicted molar refractivity (Wildman–Crippen MR) is 95.3 cm³/mol. The second-order valence-corrected chi connectivity index (χ2v) is 5.45. The quantitative estimate of drug-likeness (QED) is 0.436. The van der Waals surface area contributed by atoms with E-state index in [2.05, 4.69) is 0 Å². The van der Waals surface area contributed by atoms with Gasteiger partial charge in [-0.05, 0) is 13.0 Å². The minimum Gasteiger partial charge on any atom is -0.449 e. The standard InChI is InChI=1S/C18H15N3O5/c1-2-26-18(23)20-14-9-8-12(21(24)25)10-13(14)15(19)16(20)17(22)11-6-4-3-5-7-11/h3-10H,2,19H2,1H3. The number of aromatic nitrogens is 1. The molecule has 26 heavy (non-hydrogen) atoms. The van der Waals surface area contributed by atoms with Gasteiger partial charge >= 0.3 is 6.09 Å². The molecule has 0 saturated carbocycles. The first-order valence-corrected chi connectivity index (χ1v) is 7.81. The lowest BCUT2D eigenvalue weighted by atomic mass is 10.1. The second kappa shape index (κ2) is 6.67. The molecule has 2 aromatic carbocycles. The fraction of sp³-hybridized carbons (Fsp3) is 0.111. The first kappa shape index (κ1) is 17.2. The normalized spacial score (nSPS) is 10.7. The van der Waals surface area contributed by atoms with E-state index in [9.17, 15) is 19.7 Å².